The van der Waals surface area contributed by atoms with Crippen molar-refractivity contribution in [3.8, 4) is 0 Å². The Bertz CT molecular complexity index is 634. The van der Waals surface area contributed by atoms with Gasteiger partial charge in [-0.2, -0.15) is 0 Å². The van der Waals surface area contributed by atoms with Crippen LogP contribution in [0.5, 0.6) is 0 Å². The monoisotopic (exact) mass is 330 g/mol. The number of rotatable bonds is 4. The molecule has 0 bridgehead atoms. The molecule has 0 aromatic heterocycles. The molecule has 0 radical (unpaired) electrons. The number of anilines is 1. The van der Waals surface area contributed by atoms with Crippen LogP contribution in [0.1, 0.15) is 40.2 Å². The molecule has 2 N–H and O–H groups in total. The number of amides is 1. The van der Waals surface area contributed by atoms with Crippen molar-refractivity contribution < 1.29 is 4.79 Å². The molecule has 1 saturated heterocycles. The predicted octanol–water partition coefficient (Wildman–Crippen LogP) is 2.88. The second-order valence-corrected chi connectivity index (χ2v) is 7.53. The summed E-state index contributed by atoms with van der Waals surface area (Å²) in [6.07, 6.45) is 0.953. The molecular formula is C19H30N4O. The van der Waals surface area contributed by atoms with Crippen molar-refractivity contribution >= 4 is 17.6 Å². The topological polar surface area (TPSA) is 56.7 Å². The first-order chi connectivity index (χ1) is 11.2. The second kappa shape index (κ2) is 6.83. The summed E-state index contributed by atoms with van der Waals surface area (Å²) in [5.74, 6) is 0.707. The van der Waals surface area contributed by atoms with E-state index in [2.05, 4.69) is 61.2 Å². The van der Waals surface area contributed by atoms with Crippen LogP contribution in [0.2, 0.25) is 0 Å². The molecule has 1 aliphatic rings. The standard InChI is InChI=1S/C19H30N4O/c1-7-14-9-8-10-15(11-14)22-16(24)12-21-17(20-6)23-13-18(2,3)19(23,4)5/h8-11H,7,12-13H2,1-6H3,(H,20,21)(H,22,24). The molecule has 1 aromatic carbocycles. The van der Waals surface area contributed by atoms with Crippen molar-refractivity contribution in [3.05, 3.63) is 29.8 Å². The van der Waals surface area contributed by atoms with E-state index in [0.29, 0.717) is 0 Å². The number of nitrogens with zero attached hydrogens (tertiary/aromatic N) is 2. The maximum Gasteiger partial charge on any atom is 0.243 e. The van der Waals surface area contributed by atoms with Gasteiger partial charge in [-0.3, -0.25) is 9.79 Å². The minimum absolute atomic E-state index is 0.0147. The lowest BCUT2D eigenvalue weighted by Gasteiger charge is -2.62. The maximum atomic E-state index is 12.2. The van der Waals surface area contributed by atoms with Gasteiger partial charge in [0.1, 0.15) is 0 Å². The minimum Gasteiger partial charge on any atom is -0.347 e. The summed E-state index contributed by atoms with van der Waals surface area (Å²) in [6.45, 7) is 12.2. The van der Waals surface area contributed by atoms with Gasteiger partial charge in [0.05, 0.1) is 6.54 Å². The lowest BCUT2D eigenvalue weighted by Crippen LogP contribution is -2.72. The lowest BCUT2D eigenvalue weighted by molar-refractivity contribution is -0.115. The van der Waals surface area contributed by atoms with E-state index in [-0.39, 0.29) is 23.4 Å². The second-order valence-electron chi connectivity index (χ2n) is 7.53. The summed E-state index contributed by atoms with van der Waals surface area (Å²) in [5, 5.41) is 6.11. The zero-order valence-corrected chi connectivity index (χ0v) is 15.7. The van der Waals surface area contributed by atoms with Crippen molar-refractivity contribution in [2.75, 3.05) is 25.5 Å². The average molecular weight is 330 g/mol. The van der Waals surface area contributed by atoms with E-state index in [4.69, 9.17) is 0 Å². The van der Waals surface area contributed by atoms with Crippen LogP contribution in [0.25, 0.3) is 0 Å². The van der Waals surface area contributed by atoms with E-state index in [1.165, 1.54) is 5.56 Å². The van der Waals surface area contributed by atoms with E-state index in [9.17, 15) is 4.79 Å². The Morgan fingerprint density at radius 3 is 2.54 bits per heavy atom. The maximum absolute atomic E-state index is 12.2. The first-order valence-electron chi connectivity index (χ1n) is 8.58. The molecule has 1 aromatic rings. The molecule has 0 saturated carbocycles. The normalized spacial score (nSPS) is 18.8. The number of benzene rings is 1. The number of aliphatic imine (C=N–C) groups is 1. The third kappa shape index (κ3) is 3.55. The fourth-order valence-electron chi connectivity index (χ4n) is 2.93. The lowest BCUT2D eigenvalue weighted by atomic mass is 9.65. The van der Waals surface area contributed by atoms with Crippen LogP contribution in [0, 0.1) is 5.41 Å². The Morgan fingerprint density at radius 1 is 1.29 bits per heavy atom. The number of hydrogen-bond donors (Lipinski definition) is 2. The molecule has 0 spiro atoms. The summed E-state index contributed by atoms with van der Waals surface area (Å²) in [4.78, 5) is 18.8. The number of carbonyl (C=O) groups excluding carboxylic acids is 1. The minimum atomic E-state index is -0.0676. The zero-order valence-electron chi connectivity index (χ0n) is 15.7. The van der Waals surface area contributed by atoms with Crippen LogP contribution in [-0.2, 0) is 11.2 Å². The van der Waals surface area contributed by atoms with Gasteiger partial charge in [-0.15, -0.1) is 0 Å². The highest BCUT2D eigenvalue weighted by atomic mass is 16.1. The van der Waals surface area contributed by atoms with Gasteiger partial charge in [0.15, 0.2) is 5.96 Å². The van der Waals surface area contributed by atoms with E-state index >= 15 is 0 Å². The van der Waals surface area contributed by atoms with Crippen molar-refractivity contribution in [3.63, 3.8) is 0 Å². The Kier molecular flexibility index (Phi) is 5.21. The van der Waals surface area contributed by atoms with Gasteiger partial charge in [-0.25, -0.2) is 0 Å². The van der Waals surface area contributed by atoms with Gasteiger partial charge in [-0.05, 0) is 38.0 Å². The molecule has 24 heavy (non-hydrogen) atoms. The fraction of sp³-hybridized carbons (Fsp3) is 0.579. The molecule has 5 heteroatoms. The van der Waals surface area contributed by atoms with Gasteiger partial charge in [0.25, 0.3) is 0 Å². The first kappa shape index (κ1) is 18.3. The van der Waals surface area contributed by atoms with Crippen molar-refractivity contribution in [1.29, 1.82) is 0 Å². The molecule has 1 aliphatic heterocycles. The molecule has 1 amide bonds. The summed E-state index contributed by atoms with van der Waals surface area (Å²) in [7, 11) is 1.76. The number of carbonyl (C=O) groups is 1. The van der Waals surface area contributed by atoms with Crippen LogP contribution in [0.15, 0.2) is 29.3 Å². The predicted molar refractivity (Wildman–Crippen MR) is 100 cm³/mol. The molecule has 0 unspecified atom stereocenters. The molecule has 132 valence electrons. The van der Waals surface area contributed by atoms with Gasteiger partial charge in [0, 0.05) is 30.2 Å². The highest BCUT2D eigenvalue weighted by molar-refractivity contribution is 5.95. The fourth-order valence-corrected chi connectivity index (χ4v) is 2.93. The number of aryl methyl sites for hydroxylation is 1. The quantitative estimate of drug-likeness (QED) is 0.659. The third-order valence-electron chi connectivity index (χ3n) is 5.38. The SMILES string of the molecule is CCc1cccc(NC(=O)CNC(=NC)N2CC(C)(C)C2(C)C)c1. The van der Waals surface area contributed by atoms with Crippen molar-refractivity contribution in [1.82, 2.24) is 10.2 Å². The van der Waals surface area contributed by atoms with Crippen LogP contribution < -0.4 is 10.6 Å². The van der Waals surface area contributed by atoms with E-state index in [1.807, 2.05) is 18.2 Å². The van der Waals surface area contributed by atoms with Crippen molar-refractivity contribution in [2.45, 2.75) is 46.6 Å². The third-order valence-corrected chi connectivity index (χ3v) is 5.38. The molecule has 1 fully saturated rings. The summed E-state index contributed by atoms with van der Waals surface area (Å²) >= 11 is 0. The molecule has 0 aliphatic carbocycles. The van der Waals surface area contributed by atoms with Crippen LogP contribution in [-0.4, -0.2) is 42.4 Å². The summed E-state index contributed by atoms with van der Waals surface area (Å²) < 4.78 is 0. The van der Waals surface area contributed by atoms with Crippen molar-refractivity contribution in [2.24, 2.45) is 10.4 Å². The van der Waals surface area contributed by atoms with Gasteiger partial charge in [-0.1, -0.05) is 32.9 Å². The van der Waals surface area contributed by atoms with E-state index < -0.39 is 0 Å². The largest absolute Gasteiger partial charge is 0.347 e. The van der Waals surface area contributed by atoms with Gasteiger partial charge >= 0.3 is 0 Å². The molecule has 5 nitrogen and oxygen atoms in total. The highest BCUT2D eigenvalue weighted by Crippen LogP contribution is 2.46. The van der Waals surface area contributed by atoms with Crippen LogP contribution >= 0.6 is 0 Å². The first-order valence-corrected chi connectivity index (χ1v) is 8.58. The Hall–Kier alpha value is -2.04. The smallest absolute Gasteiger partial charge is 0.243 e. The van der Waals surface area contributed by atoms with E-state index in [1.54, 1.807) is 7.05 Å². The molecule has 1 heterocycles. The average Bonchev–Trinajstić information content (AvgIpc) is 2.54. The van der Waals surface area contributed by atoms with E-state index in [0.717, 1.165) is 24.6 Å². The molecule has 2 rings (SSSR count). The summed E-state index contributed by atoms with van der Waals surface area (Å²) in [6, 6.07) is 7.94. The van der Waals surface area contributed by atoms with Gasteiger partial charge < -0.3 is 15.5 Å². The zero-order chi connectivity index (χ0) is 18.0. The number of hydrogen-bond acceptors (Lipinski definition) is 2. The van der Waals surface area contributed by atoms with Gasteiger partial charge in [0.2, 0.25) is 5.91 Å². The highest BCUT2D eigenvalue weighted by Gasteiger charge is 2.53. The Labute approximate surface area is 145 Å². The van der Waals surface area contributed by atoms with Crippen LogP contribution in [0.3, 0.4) is 0 Å². The number of likely N-dealkylation sites (tertiary alicyclic amines) is 1. The van der Waals surface area contributed by atoms with Crippen LogP contribution in [0.4, 0.5) is 5.69 Å². The summed E-state index contributed by atoms with van der Waals surface area (Å²) in [5.41, 5.74) is 2.29. The number of guanidine groups is 1. The Balaban J connectivity index is 1.91. The molecule has 0 atom stereocenters. The number of nitrogens with one attached hydrogen (secondary N) is 2. The molecular weight excluding hydrogens is 300 g/mol. The Morgan fingerprint density at radius 2 is 2.00 bits per heavy atom.